The summed E-state index contributed by atoms with van der Waals surface area (Å²) in [5.41, 5.74) is 14.2. The maximum Gasteiger partial charge on any atom is 0.136 e. The summed E-state index contributed by atoms with van der Waals surface area (Å²) in [5.74, 6) is 10.6. The van der Waals surface area contributed by atoms with Gasteiger partial charge in [-0.05, 0) is 228 Å². The number of rotatable bonds is 0. The first-order valence-corrected chi connectivity index (χ1v) is 39.6. The summed E-state index contributed by atoms with van der Waals surface area (Å²) in [6, 6.07) is 125. The topological polar surface area (TPSA) is 55.4 Å². The van der Waals surface area contributed by atoms with E-state index in [1.54, 1.807) is 0 Å². The molecule has 116 heavy (non-hydrogen) atoms. The van der Waals surface area contributed by atoms with E-state index in [1.807, 2.05) is 0 Å². The normalized spacial score (nSPS) is 12.9. The molecule has 0 aliphatic carbocycles. The van der Waals surface area contributed by atoms with E-state index in [-0.39, 0.29) is 0 Å². The van der Waals surface area contributed by atoms with Crippen molar-refractivity contribution in [2.24, 2.45) is 0 Å². The van der Waals surface area contributed by atoms with Crippen molar-refractivity contribution in [2.45, 2.75) is 0 Å². The fourth-order valence-corrected chi connectivity index (χ4v) is 20.4. The molecule has 0 aromatic heterocycles. The third-order valence-electron chi connectivity index (χ3n) is 25.3. The van der Waals surface area contributed by atoms with Crippen molar-refractivity contribution in [3.63, 3.8) is 0 Å². The molecular weight excluding hydrogens is 1420 g/mol. The molecule has 0 N–H and O–H groups in total. The lowest BCUT2D eigenvalue weighted by Gasteiger charge is -2.30. The van der Waals surface area contributed by atoms with E-state index in [1.165, 1.54) is 152 Å². The first-order valence-electron chi connectivity index (χ1n) is 39.6. The van der Waals surface area contributed by atoms with E-state index in [4.69, 9.17) is 28.4 Å². The van der Waals surface area contributed by atoms with Crippen molar-refractivity contribution in [3.8, 4) is 136 Å². The Kier molecular flexibility index (Phi) is 12.4. The van der Waals surface area contributed by atoms with E-state index >= 15 is 0 Å². The average molecular weight is 1480 g/mol. The zero-order chi connectivity index (χ0) is 75.3. The first kappa shape index (κ1) is 62.2. The molecule has 6 heteroatoms. The minimum atomic E-state index is 0.871. The number of benzene rings is 23. The molecular formula is C110H58O6. The van der Waals surface area contributed by atoms with Crippen LogP contribution in [0.1, 0.15) is 0 Å². The fraction of sp³-hybridized carbons (Fsp3) is 0. The van der Waals surface area contributed by atoms with E-state index in [9.17, 15) is 0 Å². The SMILES string of the molecule is c1ccc2c3c(ccc2c1)Oc1ccc2c4c(c5ccccc5c-3c14)-c1c(ccc3ccccc13)O2.c1ccc2cc3c(cc2c1)Oc1ccc2c4c(c5ccccc5c-3c14)-c1cc3ccccc3cc1O2.c1ccc2cc3c4c(ccc3cc2c1)Oc1ccc2c3c(c5ccccc5c-4c13)-c1c(ccc3cc4ccccc4cc13)O2. The fourth-order valence-electron chi connectivity index (χ4n) is 20.4. The van der Waals surface area contributed by atoms with Crippen molar-refractivity contribution in [2.75, 3.05) is 0 Å². The summed E-state index contributed by atoms with van der Waals surface area (Å²) < 4.78 is 39.9. The van der Waals surface area contributed by atoms with Gasteiger partial charge in [-0.3, -0.25) is 0 Å². The Balaban J connectivity index is 0.0000000938. The molecule has 534 valence electrons. The Labute approximate surface area is 662 Å². The average Bonchev–Trinajstić information content (AvgIpc) is 0.699. The van der Waals surface area contributed by atoms with Crippen LogP contribution in [0.5, 0.6) is 69.0 Å². The van der Waals surface area contributed by atoms with Gasteiger partial charge < -0.3 is 28.4 Å². The summed E-state index contributed by atoms with van der Waals surface area (Å²) in [7, 11) is 0. The highest BCUT2D eigenvalue weighted by atomic mass is 16.5. The second-order valence-corrected chi connectivity index (χ2v) is 31.4. The van der Waals surface area contributed by atoms with Gasteiger partial charge in [-0.1, -0.05) is 243 Å². The molecule has 23 aromatic carbocycles. The molecule has 6 aliphatic rings. The van der Waals surface area contributed by atoms with Gasteiger partial charge in [0.05, 0.1) is 0 Å². The highest BCUT2D eigenvalue weighted by Gasteiger charge is 2.37. The van der Waals surface area contributed by atoms with Crippen LogP contribution in [0.15, 0.2) is 352 Å². The van der Waals surface area contributed by atoms with Crippen LogP contribution in [0.4, 0.5) is 0 Å². The Hall–Kier alpha value is -15.5. The predicted octanol–water partition coefficient (Wildman–Crippen LogP) is 31.8. The summed E-state index contributed by atoms with van der Waals surface area (Å²) in [6.45, 7) is 0. The third-order valence-corrected chi connectivity index (χ3v) is 25.3. The minimum Gasteiger partial charge on any atom is -0.456 e. The highest BCUT2D eigenvalue weighted by Crippen LogP contribution is 2.65. The van der Waals surface area contributed by atoms with Crippen LogP contribution in [0.2, 0.25) is 0 Å². The summed E-state index contributed by atoms with van der Waals surface area (Å²) in [6.07, 6.45) is 0. The van der Waals surface area contributed by atoms with Crippen LogP contribution in [0.3, 0.4) is 0 Å². The van der Waals surface area contributed by atoms with E-state index in [2.05, 4.69) is 352 Å². The van der Waals surface area contributed by atoms with Gasteiger partial charge in [0.15, 0.2) is 0 Å². The molecule has 6 nitrogen and oxygen atoms in total. The predicted molar refractivity (Wildman–Crippen MR) is 477 cm³/mol. The maximum absolute atomic E-state index is 6.77. The van der Waals surface area contributed by atoms with Gasteiger partial charge >= 0.3 is 0 Å². The Morgan fingerprint density at radius 1 is 0.112 bits per heavy atom. The van der Waals surface area contributed by atoms with Gasteiger partial charge in [0.2, 0.25) is 0 Å². The lowest BCUT2D eigenvalue weighted by molar-refractivity contribution is 0.476. The van der Waals surface area contributed by atoms with Crippen LogP contribution < -0.4 is 28.4 Å². The molecule has 0 saturated heterocycles. The van der Waals surface area contributed by atoms with Crippen LogP contribution in [0, 0.1) is 0 Å². The molecule has 0 radical (unpaired) electrons. The monoisotopic (exact) mass is 1470 g/mol. The molecule has 0 unspecified atom stereocenters. The summed E-state index contributed by atoms with van der Waals surface area (Å²) in [4.78, 5) is 0. The van der Waals surface area contributed by atoms with Crippen LogP contribution in [0.25, 0.3) is 218 Å². The molecule has 0 spiro atoms. The molecule has 0 bridgehead atoms. The summed E-state index contributed by atoms with van der Waals surface area (Å²) in [5, 5.41) is 33.5. The zero-order valence-corrected chi connectivity index (χ0v) is 61.9. The Morgan fingerprint density at radius 3 is 0.629 bits per heavy atom. The van der Waals surface area contributed by atoms with Crippen molar-refractivity contribution in [1.82, 2.24) is 0 Å². The highest BCUT2D eigenvalue weighted by molar-refractivity contribution is 6.34. The quantitative estimate of drug-likeness (QED) is 0.141. The van der Waals surface area contributed by atoms with Gasteiger partial charge in [0, 0.05) is 99.1 Å². The Morgan fingerprint density at radius 2 is 0.319 bits per heavy atom. The van der Waals surface area contributed by atoms with Gasteiger partial charge in [0.25, 0.3) is 0 Å². The van der Waals surface area contributed by atoms with E-state index < -0.39 is 0 Å². The second-order valence-electron chi connectivity index (χ2n) is 31.4. The van der Waals surface area contributed by atoms with Crippen molar-refractivity contribution in [1.29, 1.82) is 0 Å². The molecule has 29 rings (SSSR count). The van der Waals surface area contributed by atoms with Gasteiger partial charge in [-0.15, -0.1) is 0 Å². The number of hydrogen-bond acceptors (Lipinski definition) is 6. The molecule has 0 saturated carbocycles. The summed E-state index contributed by atoms with van der Waals surface area (Å²) >= 11 is 0. The lowest BCUT2D eigenvalue weighted by Crippen LogP contribution is -2.04. The smallest absolute Gasteiger partial charge is 0.136 e. The zero-order valence-electron chi connectivity index (χ0n) is 61.9. The van der Waals surface area contributed by atoms with Gasteiger partial charge in [0.1, 0.15) is 69.0 Å². The van der Waals surface area contributed by atoms with Gasteiger partial charge in [-0.2, -0.15) is 0 Å². The van der Waals surface area contributed by atoms with E-state index in [0.29, 0.717) is 0 Å². The van der Waals surface area contributed by atoms with Crippen LogP contribution >= 0.6 is 0 Å². The third kappa shape index (κ3) is 8.57. The van der Waals surface area contributed by atoms with Crippen LogP contribution in [-0.2, 0) is 0 Å². The number of fused-ring (bicyclic) bond motifs is 33. The molecule has 0 atom stereocenters. The van der Waals surface area contributed by atoms with Crippen molar-refractivity contribution < 1.29 is 28.4 Å². The largest absolute Gasteiger partial charge is 0.456 e. The molecule has 0 amide bonds. The molecule has 0 fully saturated rings. The number of ether oxygens (including phenoxy) is 6. The maximum atomic E-state index is 6.77. The second kappa shape index (κ2) is 23.1. The van der Waals surface area contributed by atoms with Crippen LogP contribution in [-0.4, -0.2) is 0 Å². The standard InChI is InChI=1S/C42H22O2.2C34H18O2/c1-3-9-25-21-31-27(19-23(25)7-1)13-15-33-37(31)39-29-11-5-6-12-30(29)40-38-32-22-26-10-4-2-8-24(26)20-28(32)14-16-34(38)44-36-18-17-35(43-33)41(39)42(36)40;1-3-9-21-19(7-1)13-15-25-29(21)31-23-11-5-6-12-24(23)32-30-22-10-4-2-8-20(22)14-16-26(30)36-28-18-17-27(35-25)33(31)34(28)32;1-3-9-21-17-29-25(15-19(21)7-1)31-23-11-5-6-12-24(23)32-26-16-20-8-2-4-10-22(20)18-30(26)36-28-14-13-27(35-29)33(31)34(28)32/h1-22H;2*1-18H. The van der Waals surface area contributed by atoms with Crippen molar-refractivity contribution in [3.05, 3.63) is 352 Å². The van der Waals surface area contributed by atoms with Crippen molar-refractivity contribution >= 4 is 151 Å². The Bertz CT molecular complexity index is 8050. The van der Waals surface area contributed by atoms with E-state index in [0.717, 1.165) is 135 Å². The molecule has 23 aromatic rings. The van der Waals surface area contributed by atoms with Gasteiger partial charge in [-0.25, -0.2) is 0 Å². The molecule has 6 heterocycles. The minimum absolute atomic E-state index is 0.871. The number of hydrogen-bond donors (Lipinski definition) is 0. The first-order chi connectivity index (χ1) is 57.5. The lowest BCUT2D eigenvalue weighted by atomic mass is 9.80. The molecule has 6 aliphatic heterocycles.